The molecule has 0 spiro atoms. The maximum Gasteiger partial charge on any atom is 0.0224 e. The van der Waals surface area contributed by atoms with Crippen LogP contribution in [0.5, 0.6) is 0 Å². The van der Waals surface area contributed by atoms with Gasteiger partial charge < -0.3 is 5.32 Å². The first-order chi connectivity index (χ1) is 9.12. The van der Waals surface area contributed by atoms with Crippen LogP contribution in [0.1, 0.15) is 72.1 Å². The second-order valence-electron chi connectivity index (χ2n) is 7.49. The fourth-order valence-electron chi connectivity index (χ4n) is 4.01. The van der Waals surface area contributed by atoms with Crippen LogP contribution in [0, 0.1) is 5.41 Å². The van der Waals surface area contributed by atoms with E-state index in [2.05, 4.69) is 31.0 Å². The molecule has 0 aromatic rings. The molecule has 0 amide bonds. The first-order valence-corrected chi connectivity index (χ1v) is 8.59. The minimum atomic E-state index is 0.581. The number of hydrogen-bond donors (Lipinski definition) is 1. The molecule has 2 heteroatoms. The summed E-state index contributed by atoms with van der Waals surface area (Å²) >= 11 is 0. The minimum absolute atomic E-state index is 0.581. The van der Waals surface area contributed by atoms with E-state index in [9.17, 15) is 0 Å². The molecule has 1 aliphatic heterocycles. The van der Waals surface area contributed by atoms with Crippen LogP contribution in [0.4, 0.5) is 0 Å². The molecule has 0 aromatic heterocycles. The Balaban J connectivity index is 1.97. The van der Waals surface area contributed by atoms with Crippen LogP contribution in [-0.2, 0) is 0 Å². The fourth-order valence-corrected chi connectivity index (χ4v) is 4.01. The van der Waals surface area contributed by atoms with Crippen molar-refractivity contribution in [3.05, 3.63) is 0 Å². The predicted molar refractivity (Wildman–Crippen MR) is 83.5 cm³/mol. The normalized spacial score (nSPS) is 32.2. The van der Waals surface area contributed by atoms with Crippen molar-refractivity contribution >= 4 is 0 Å². The van der Waals surface area contributed by atoms with Gasteiger partial charge in [-0.3, -0.25) is 4.90 Å². The smallest absolute Gasteiger partial charge is 0.0224 e. The van der Waals surface area contributed by atoms with Crippen LogP contribution in [0.2, 0.25) is 0 Å². The summed E-state index contributed by atoms with van der Waals surface area (Å²) in [6.07, 6.45) is 11.2. The summed E-state index contributed by atoms with van der Waals surface area (Å²) in [5.74, 6) is 0. The Kier molecular flexibility index (Phi) is 5.70. The second kappa shape index (κ2) is 7.08. The van der Waals surface area contributed by atoms with Crippen molar-refractivity contribution in [2.75, 3.05) is 19.6 Å². The third-order valence-electron chi connectivity index (χ3n) is 5.24. The zero-order chi connectivity index (χ0) is 13.7. The molecule has 1 N–H and O–H groups in total. The number of nitrogens with one attached hydrogen (secondary N) is 1. The van der Waals surface area contributed by atoms with Crippen molar-refractivity contribution < 1.29 is 0 Å². The van der Waals surface area contributed by atoms with Gasteiger partial charge in [-0.1, -0.05) is 27.2 Å². The van der Waals surface area contributed by atoms with Gasteiger partial charge in [0.05, 0.1) is 0 Å². The maximum atomic E-state index is 3.60. The van der Waals surface area contributed by atoms with Crippen LogP contribution in [-0.4, -0.2) is 36.6 Å². The van der Waals surface area contributed by atoms with E-state index < -0.39 is 0 Å². The Hall–Kier alpha value is -0.0800. The van der Waals surface area contributed by atoms with E-state index in [1.165, 1.54) is 71.0 Å². The predicted octanol–water partition coefficient (Wildman–Crippen LogP) is 3.81. The SMILES string of the molecule is CCCN(C1CCCC(C)(C)CC1)C1CCCNC1. The van der Waals surface area contributed by atoms with Gasteiger partial charge in [0.15, 0.2) is 0 Å². The number of rotatable bonds is 4. The largest absolute Gasteiger partial charge is 0.315 e. The van der Waals surface area contributed by atoms with Crippen molar-refractivity contribution in [1.29, 1.82) is 0 Å². The summed E-state index contributed by atoms with van der Waals surface area (Å²) < 4.78 is 0. The van der Waals surface area contributed by atoms with E-state index in [0.717, 1.165) is 12.1 Å². The first kappa shape index (κ1) is 15.3. The first-order valence-electron chi connectivity index (χ1n) is 8.59. The molecule has 2 nitrogen and oxygen atoms in total. The minimum Gasteiger partial charge on any atom is -0.315 e. The number of hydrogen-bond acceptors (Lipinski definition) is 2. The van der Waals surface area contributed by atoms with Gasteiger partial charge in [0.2, 0.25) is 0 Å². The monoisotopic (exact) mass is 266 g/mol. The highest BCUT2D eigenvalue weighted by molar-refractivity contribution is 4.87. The van der Waals surface area contributed by atoms with E-state index in [1.54, 1.807) is 0 Å². The van der Waals surface area contributed by atoms with Gasteiger partial charge >= 0.3 is 0 Å². The Morgan fingerprint density at radius 2 is 1.84 bits per heavy atom. The maximum absolute atomic E-state index is 3.60. The third-order valence-corrected chi connectivity index (χ3v) is 5.24. The lowest BCUT2D eigenvalue weighted by Gasteiger charge is -2.40. The highest BCUT2D eigenvalue weighted by Crippen LogP contribution is 2.36. The van der Waals surface area contributed by atoms with Crippen LogP contribution in [0.3, 0.4) is 0 Å². The molecule has 2 atom stereocenters. The summed E-state index contributed by atoms with van der Waals surface area (Å²) in [7, 11) is 0. The average Bonchev–Trinajstić information content (AvgIpc) is 2.58. The Bertz CT molecular complexity index is 256. The quantitative estimate of drug-likeness (QED) is 0.778. The summed E-state index contributed by atoms with van der Waals surface area (Å²) in [5.41, 5.74) is 0.581. The third kappa shape index (κ3) is 4.46. The summed E-state index contributed by atoms with van der Waals surface area (Å²) in [6, 6.07) is 1.66. The highest BCUT2D eigenvalue weighted by Gasteiger charge is 2.31. The fraction of sp³-hybridized carbons (Fsp3) is 1.00. The second-order valence-corrected chi connectivity index (χ2v) is 7.49. The van der Waals surface area contributed by atoms with Crippen molar-refractivity contribution in [3.8, 4) is 0 Å². The van der Waals surface area contributed by atoms with Gasteiger partial charge in [-0.05, 0) is 63.5 Å². The molecule has 2 aliphatic rings. The topological polar surface area (TPSA) is 15.3 Å². The van der Waals surface area contributed by atoms with Crippen LogP contribution < -0.4 is 5.32 Å². The van der Waals surface area contributed by atoms with E-state index in [0.29, 0.717) is 5.41 Å². The van der Waals surface area contributed by atoms with Crippen molar-refractivity contribution in [3.63, 3.8) is 0 Å². The van der Waals surface area contributed by atoms with Gasteiger partial charge in [-0.2, -0.15) is 0 Å². The van der Waals surface area contributed by atoms with Crippen molar-refractivity contribution in [2.45, 2.75) is 84.2 Å². The van der Waals surface area contributed by atoms with Gasteiger partial charge in [0, 0.05) is 18.6 Å². The van der Waals surface area contributed by atoms with E-state index >= 15 is 0 Å². The molecule has 0 radical (unpaired) electrons. The van der Waals surface area contributed by atoms with Gasteiger partial charge in [0.25, 0.3) is 0 Å². The molecule has 1 aliphatic carbocycles. The Labute approximate surface area is 120 Å². The summed E-state index contributed by atoms with van der Waals surface area (Å²) in [6.45, 7) is 11.0. The molecule has 0 bridgehead atoms. The summed E-state index contributed by atoms with van der Waals surface area (Å²) in [5, 5.41) is 3.60. The van der Waals surface area contributed by atoms with Gasteiger partial charge in [0.1, 0.15) is 0 Å². The Morgan fingerprint density at radius 1 is 1.05 bits per heavy atom. The van der Waals surface area contributed by atoms with E-state index in [-0.39, 0.29) is 0 Å². The lowest BCUT2D eigenvalue weighted by atomic mass is 9.85. The molecule has 1 saturated carbocycles. The summed E-state index contributed by atoms with van der Waals surface area (Å²) in [4.78, 5) is 2.87. The zero-order valence-corrected chi connectivity index (χ0v) is 13.4. The lowest BCUT2D eigenvalue weighted by molar-refractivity contribution is 0.0994. The molecule has 1 saturated heterocycles. The molecular formula is C17H34N2. The lowest BCUT2D eigenvalue weighted by Crippen LogP contribution is -2.50. The van der Waals surface area contributed by atoms with Crippen LogP contribution >= 0.6 is 0 Å². The molecule has 2 fully saturated rings. The molecule has 2 rings (SSSR count). The Morgan fingerprint density at radius 3 is 2.53 bits per heavy atom. The molecule has 1 heterocycles. The van der Waals surface area contributed by atoms with Gasteiger partial charge in [-0.15, -0.1) is 0 Å². The van der Waals surface area contributed by atoms with E-state index in [4.69, 9.17) is 0 Å². The molecule has 2 unspecified atom stereocenters. The molecule has 19 heavy (non-hydrogen) atoms. The number of nitrogens with zero attached hydrogens (tertiary/aromatic N) is 1. The highest BCUT2D eigenvalue weighted by atomic mass is 15.2. The molecular weight excluding hydrogens is 232 g/mol. The zero-order valence-electron chi connectivity index (χ0n) is 13.4. The van der Waals surface area contributed by atoms with Crippen molar-refractivity contribution in [2.24, 2.45) is 5.41 Å². The van der Waals surface area contributed by atoms with Gasteiger partial charge in [-0.25, -0.2) is 0 Å². The average molecular weight is 266 g/mol. The number of piperidine rings is 1. The molecule has 112 valence electrons. The van der Waals surface area contributed by atoms with Crippen LogP contribution in [0.15, 0.2) is 0 Å². The van der Waals surface area contributed by atoms with Crippen LogP contribution in [0.25, 0.3) is 0 Å². The standard InChI is InChI=1S/C17H34N2/c1-4-13-19(16-8-6-12-18-14-16)15-7-5-10-17(2,3)11-9-15/h15-16,18H,4-14H2,1-3H3. The molecule has 0 aromatic carbocycles. The van der Waals surface area contributed by atoms with Crippen molar-refractivity contribution in [1.82, 2.24) is 10.2 Å². The van der Waals surface area contributed by atoms with E-state index in [1.807, 2.05) is 0 Å².